The predicted octanol–water partition coefficient (Wildman–Crippen LogP) is 0.306. The zero-order valence-electron chi connectivity index (χ0n) is 16.7. The van der Waals surface area contributed by atoms with Gasteiger partial charge in [-0.2, -0.15) is 13.2 Å². The van der Waals surface area contributed by atoms with Crippen molar-refractivity contribution in [1.82, 2.24) is 15.7 Å². The Labute approximate surface area is 180 Å². The van der Waals surface area contributed by atoms with Crippen LogP contribution in [0.25, 0.3) is 0 Å². The molecule has 2 amide bonds. The summed E-state index contributed by atoms with van der Waals surface area (Å²) in [5.74, 6) is -0.990. The number of hydrogen-bond acceptors (Lipinski definition) is 8. The predicted molar refractivity (Wildman–Crippen MR) is 107 cm³/mol. The molecule has 1 aromatic rings. The van der Waals surface area contributed by atoms with Crippen molar-refractivity contribution in [2.75, 3.05) is 26.3 Å². The molecule has 5 N–H and O–H groups in total. The first kappa shape index (κ1) is 23.2. The van der Waals surface area contributed by atoms with E-state index in [0.717, 1.165) is 6.21 Å². The number of nitrogens with zero attached hydrogens (tertiary/aromatic N) is 2. The van der Waals surface area contributed by atoms with E-state index in [1.165, 1.54) is 35.2 Å². The number of hydroxylamine groups is 1. The van der Waals surface area contributed by atoms with Crippen LogP contribution in [-0.2, 0) is 14.4 Å². The highest BCUT2D eigenvalue weighted by molar-refractivity contribution is 6.00. The van der Waals surface area contributed by atoms with Crippen LogP contribution in [0.1, 0.15) is 15.9 Å². The Hall–Kier alpha value is -3.45. The van der Waals surface area contributed by atoms with E-state index in [0.29, 0.717) is 12.2 Å². The van der Waals surface area contributed by atoms with Crippen LogP contribution in [0.15, 0.2) is 41.0 Å². The molecule has 1 saturated heterocycles. The van der Waals surface area contributed by atoms with Gasteiger partial charge in [0.2, 0.25) is 0 Å². The molecular weight excluding hydrogens is 433 g/mol. The second-order valence-electron chi connectivity index (χ2n) is 6.89. The van der Waals surface area contributed by atoms with E-state index >= 15 is 0 Å². The van der Waals surface area contributed by atoms with E-state index in [9.17, 15) is 22.8 Å². The molecular formula is C19H21F3N6O4. The Balaban J connectivity index is 1.60. The zero-order valence-corrected chi connectivity index (χ0v) is 16.7. The SMILES string of the molecule is N=CC=C(N)C(=O)N1CCOCC1CNC(=O)c1ccc(C2=NC(C(F)(F)F)ON2)cc1. The molecule has 3 rings (SSSR count). The van der Waals surface area contributed by atoms with Crippen LogP contribution >= 0.6 is 0 Å². The summed E-state index contributed by atoms with van der Waals surface area (Å²) in [7, 11) is 0. The number of allylic oxidation sites excluding steroid dienone is 1. The summed E-state index contributed by atoms with van der Waals surface area (Å²) < 4.78 is 43.3. The second kappa shape index (κ2) is 9.78. The minimum atomic E-state index is -4.63. The maximum Gasteiger partial charge on any atom is 0.437 e. The first-order chi connectivity index (χ1) is 15.2. The molecule has 0 bridgehead atoms. The number of aliphatic imine (C=N–C) groups is 1. The number of rotatable bonds is 6. The molecule has 0 spiro atoms. The third-order valence-corrected chi connectivity index (χ3v) is 4.71. The van der Waals surface area contributed by atoms with Crippen molar-refractivity contribution in [2.24, 2.45) is 10.7 Å². The molecule has 13 heteroatoms. The van der Waals surface area contributed by atoms with Gasteiger partial charge in [0.15, 0.2) is 5.84 Å². The summed E-state index contributed by atoms with van der Waals surface area (Å²) in [4.78, 5) is 34.2. The number of carbonyl (C=O) groups excluding carboxylic acids is 2. The average molecular weight is 454 g/mol. The number of nitrogens with one attached hydrogen (secondary N) is 3. The third-order valence-electron chi connectivity index (χ3n) is 4.71. The summed E-state index contributed by atoms with van der Waals surface area (Å²) in [6.07, 6.45) is -4.82. The number of ether oxygens (including phenoxy) is 1. The first-order valence-electron chi connectivity index (χ1n) is 9.50. The lowest BCUT2D eigenvalue weighted by Gasteiger charge is -2.35. The van der Waals surface area contributed by atoms with Gasteiger partial charge in [0, 0.05) is 30.4 Å². The Kier molecular flexibility index (Phi) is 7.10. The molecule has 2 unspecified atom stereocenters. The minimum absolute atomic E-state index is 0.0889. The quantitative estimate of drug-likeness (QED) is 0.360. The van der Waals surface area contributed by atoms with Gasteiger partial charge in [0.25, 0.3) is 18.0 Å². The summed E-state index contributed by atoms with van der Waals surface area (Å²) in [6.45, 7) is 0.914. The number of benzene rings is 1. The summed E-state index contributed by atoms with van der Waals surface area (Å²) in [6, 6.07) is 5.28. The van der Waals surface area contributed by atoms with E-state index in [2.05, 4.69) is 20.6 Å². The number of amides is 2. The maximum absolute atomic E-state index is 12.6. The van der Waals surface area contributed by atoms with Gasteiger partial charge < -0.3 is 26.1 Å². The highest BCUT2D eigenvalue weighted by Gasteiger charge is 2.44. The highest BCUT2D eigenvalue weighted by Crippen LogP contribution is 2.26. The molecule has 10 nitrogen and oxygen atoms in total. The van der Waals surface area contributed by atoms with Crippen molar-refractivity contribution in [2.45, 2.75) is 18.4 Å². The molecule has 2 atom stereocenters. The fourth-order valence-electron chi connectivity index (χ4n) is 3.07. The standard InChI is InChI=1S/C19H21F3N6O4/c20-19(21,22)18-26-15(27-32-18)11-1-3-12(4-2-11)16(29)25-9-13-10-31-8-7-28(13)17(30)14(24)5-6-23/h1-6,13,18,23H,7-10,24H2,(H,25,29)(H,26,27). The van der Waals surface area contributed by atoms with Gasteiger partial charge in [-0.15, -0.1) is 0 Å². The largest absolute Gasteiger partial charge is 0.437 e. The van der Waals surface area contributed by atoms with Crippen LogP contribution in [0.5, 0.6) is 0 Å². The van der Waals surface area contributed by atoms with Crippen LogP contribution in [0.2, 0.25) is 0 Å². The normalized spacial score (nSPS) is 21.5. The number of morpholine rings is 1. The van der Waals surface area contributed by atoms with Crippen LogP contribution in [-0.4, -0.2) is 73.5 Å². The molecule has 1 fully saturated rings. The lowest BCUT2D eigenvalue weighted by atomic mass is 10.1. The Morgan fingerprint density at radius 1 is 1.34 bits per heavy atom. The molecule has 1 aromatic carbocycles. The number of carbonyl (C=O) groups is 2. The van der Waals surface area contributed by atoms with Crippen LogP contribution in [0.3, 0.4) is 0 Å². The molecule has 0 aliphatic carbocycles. The lowest BCUT2D eigenvalue weighted by Crippen LogP contribution is -2.54. The van der Waals surface area contributed by atoms with Crippen LogP contribution in [0, 0.1) is 5.41 Å². The lowest BCUT2D eigenvalue weighted by molar-refractivity contribution is -0.220. The number of halogens is 3. The van der Waals surface area contributed by atoms with Crippen molar-refractivity contribution in [1.29, 1.82) is 5.41 Å². The molecule has 0 saturated carbocycles. The number of nitrogens with two attached hydrogens (primary N) is 1. The van der Waals surface area contributed by atoms with Crippen molar-refractivity contribution < 1.29 is 32.3 Å². The van der Waals surface area contributed by atoms with Crippen LogP contribution < -0.4 is 16.5 Å². The van der Waals surface area contributed by atoms with Crippen molar-refractivity contribution in [3.8, 4) is 0 Å². The number of alkyl halides is 3. The zero-order chi connectivity index (χ0) is 23.3. The van der Waals surface area contributed by atoms with E-state index in [1.807, 2.05) is 0 Å². The fraction of sp³-hybridized carbons (Fsp3) is 0.368. The topological polar surface area (TPSA) is 142 Å². The molecule has 0 aromatic heterocycles. The van der Waals surface area contributed by atoms with Gasteiger partial charge in [-0.25, -0.2) is 15.3 Å². The maximum atomic E-state index is 12.6. The van der Waals surface area contributed by atoms with Gasteiger partial charge in [-0.1, -0.05) is 12.1 Å². The van der Waals surface area contributed by atoms with Gasteiger partial charge in [-0.05, 0) is 18.2 Å². The molecule has 2 aliphatic rings. The van der Waals surface area contributed by atoms with Gasteiger partial charge in [0.1, 0.15) is 0 Å². The first-order valence-corrected chi connectivity index (χ1v) is 9.50. The molecule has 0 radical (unpaired) electrons. The monoisotopic (exact) mass is 454 g/mol. The summed E-state index contributed by atoms with van der Waals surface area (Å²) in [5, 5.41) is 9.73. The molecule has 32 heavy (non-hydrogen) atoms. The molecule has 172 valence electrons. The summed E-state index contributed by atoms with van der Waals surface area (Å²) >= 11 is 0. The van der Waals surface area contributed by atoms with E-state index in [4.69, 9.17) is 15.9 Å². The molecule has 2 aliphatic heterocycles. The third kappa shape index (κ3) is 5.42. The minimum Gasteiger partial charge on any atom is -0.394 e. The van der Waals surface area contributed by atoms with Gasteiger partial charge in [0.05, 0.1) is 25.0 Å². The average Bonchev–Trinajstić information content (AvgIpc) is 3.28. The highest BCUT2D eigenvalue weighted by atomic mass is 19.4. The fourth-order valence-corrected chi connectivity index (χ4v) is 3.07. The van der Waals surface area contributed by atoms with E-state index < -0.39 is 30.3 Å². The van der Waals surface area contributed by atoms with Crippen LogP contribution in [0.4, 0.5) is 13.2 Å². The van der Waals surface area contributed by atoms with Crippen molar-refractivity contribution in [3.05, 3.63) is 47.2 Å². The summed E-state index contributed by atoms with van der Waals surface area (Å²) in [5.41, 5.74) is 8.29. The Bertz CT molecular complexity index is 932. The van der Waals surface area contributed by atoms with Crippen molar-refractivity contribution >= 4 is 23.9 Å². The smallest absolute Gasteiger partial charge is 0.394 e. The van der Waals surface area contributed by atoms with Gasteiger partial charge in [-0.3, -0.25) is 9.59 Å². The number of amidine groups is 1. The van der Waals surface area contributed by atoms with Gasteiger partial charge >= 0.3 is 6.18 Å². The number of hydrogen-bond donors (Lipinski definition) is 4. The van der Waals surface area contributed by atoms with Crippen molar-refractivity contribution in [3.63, 3.8) is 0 Å². The molecule has 2 heterocycles. The van der Waals surface area contributed by atoms with E-state index in [1.54, 1.807) is 0 Å². The van der Waals surface area contributed by atoms with E-state index in [-0.39, 0.29) is 36.8 Å². The Morgan fingerprint density at radius 2 is 2.06 bits per heavy atom. The Morgan fingerprint density at radius 3 is 2.69 bits per heavy atom. The second-order valence-corrected chi connectivity index (χ2v) is 6.89.